The van der Waals surface area contributed by atoms with E-state index in [1.807, 2.05) is 0 Å². The highest BCUT2D eigenvalue weighted by Crippen LogP contribution is 2.17. The Hall–Kier alpha value is -0.980. The monoisotopic (exact) mass is 247 g/mol. The lowest BCUT2D eigenvalue weighted by molar-refractivity contribution is 0.265. The molecule has 0 aromatic heterocycles. The van der Waals surface area contributed by atoms with Gasteiger partial charge in [-0.1, -0.05) is 6.07 Å². The molecule has 0 spiro atoms. The lowest BCUT2D eigenvalue weighted by Crippen LogP contribution is -2.35. The Morgan fingerprint density at radius 2 is 2.12 bits per heavy atom. The summed E-state index contributed by atoms with van der Waals surface area (Å²) in [6, 6.07) is 3.25. The summed E-state index contributed by atoms with van der Waals surface area (Å²) >= 11 is 0. The Morgan fingerprint density at radius 3 is 2.69 bits per heavy atom. The highest BCUT2D eigenvalue weighted by atomic mass is 32.2. The second kappa shape index (κ2) is 4.90. The van der Waals surface area contributed by atoms with Gasteiger partial charge in [0.25, 0.3) is 0 Å². The van der Waals surface area contributed by atoms with E-state index in [0.717, 1.165) is 0 Å². The fourth-order valence-electron chi connectivity index (χ4n) is 1.24. The summed E-state index contributed by atoms with van der Waals surface area (Å²) in [4.78, 5) is -0.104. The summed E-state index contributed by atoms with van der Waals surface area (Å²) in [5.74, 6) is -0.570. The third-order valence-corrected chi connectivity index (χ3v) is 3.87. The highest BCUT2D eigenvalue weighted by Gasteiger charge is 2.20. The molecule has 1 aromatic carbocycles. The van der Waals surface area contributed by atoms with Crippen molar-refractivity contribution in [3.05, 3.63) is 29.6 Å². The van der Waals surface area contributed by atoms with Crippen LogP contribution in [0.1, 0.15) is 12.5 Å². The largest absolute Gasteiger partial charge is 0.395 e. The smallest absolute Gasteiger partial charge is 0.241 e. The number of hydrogen-bond acceptors (Lipinski definition) is 3. The molecule has 0 bridgehead atoms. The minimum absolute atomic E-state index is 0.0696. The van der Waals surface area contributed by atoms with Gasteiger partial charge in [0.2, 0.25) is 10.0 Å². The fraction of sp³-hybridized carbons (Fsp3) is 0.400. The molecule has 1 atom stereocenters. The van der Waals surface area contributed by atoms with Crippen LogP contribution in [-0.4, -0.2) is 26.2 Å². The van der Waals surface area contributed by atoms with Crippen molar-refractivity contribution in [2.75, 3.05) is 6.61 Å². The maximum absolute atomic E-state index is 13.2. The molecule has 90 valence electrons. The van der Waals surface area contributed by atoms with E-state index in [1.165, 1.54) is 32.0 Å². The Kier molecular flexibility index (Phi) is 4.01. The van der Waals surface area contributed by atoms with Crippen molar-refractivity contribution in [2.45, 2.75) is 24.8 Å². The summed E-state index contributed by atoms with van der Waals surface area (Å²) in [7, 11) is -3.77. The molecule has 16 heavy (non-hydrogen) atoms. The number of nitrogens with one attached hydrogen (secondary N) is 1. The molecule has 0 radical (unpaired) electrons. The van der Waals surface area contributed by atoms with Gasteiger partial charge in [-0.3, -0.25) is 0 Å². The zero-order chi connectivity index (χ0) is 12.3. The Morgan fingerprint density at radius 1 is 1.50 bits per heavy atom. The molecule has 1 aromatic rings. The molecule has 1 rings (SSSR count). The first-order chi connectivity index (χ1) is 7.38. The first-order valence-electron chi connectivity index (χ1n) is 4.77. The number of halogens is 1. The lowest BCUT2D eigenvalue weighted by atomic mass is 10.2. The SMILES string of the molecule is Cc1c(F)cccc1S(=O)(=O)NC(C)CO. The summed E-state index contributed by atoms with van der Waals surface area (Å²) in [5.41, 5.74) is 0.0696. The zero-order valence-electron chi connectivity index (χ0n) is 9.07. The minimum atomic E-state index is -3.77. The van der Waals surface area contributed by atoms with Crippen LogP contribution in [0.5, 0.6) is 0 Å². The quantitative estimate of drug-likeness (QED) is 0.826. The normalized spacial score (nSPS) is 13.8. The maximum Gasteiger partial charge on any atom is 0.241 e. The van der Waals surface area contributed by atoms with Gasteiger partial charge in [0.1, 0.15) is 5.82 Å². The van der Waals surface area contributed by atoms with Crippen LogP contribution in [0.2, 0.25) is 0 Å². The molecule has 1 unspecified atom stereocenters. The Balaban J connectivity index is 3.13. The highest BCUT2D eigenvalue weighted by molar-refractivity contribution is 7.89. The third kappa shape index (κ3) is 2.78. The predicted molar refractivity (Wildman–Crippen MR) is 58.0 cm³/mol. The molecule has 0 heterocycles. The van der Waals surface area contributed by atoms with Crippen LogP contribution in [-0.2, 0) is 10.0 Å². The molecule has 0 aliphatic carbocycles. The molecule has 6 heteroatoms. The molecular formula is C10H14FNO3S. The van der Waals surface area contributed by atoms with Gasteiger partial charge in [-0.2, -0.15) is 0 Å². The van der Waals surface area contributed by atoms with E-state index in [1.54, 1.807) is 0 Å². The van der Waals surface area contributed by atoms with Gasteiger partial charge >= 0.3 is 0 Å². The number of rotatable bonds is 4. The third-order valence-electron chi connectivity index (χ3n) is 2.14. The fourth-order valence-corrected chi connectivity index (χ4v) is 2.73. The van der Waals surface area contributed by atoms with E-state index in [-0.39, 0.29) is 17.1 Å². The number of aliphatic hydroxyl groups is 1. The average Bonchev–Trinajstić information content (AvgIpc) is 2.21. The first kappa shape index (κ1) is 13.1. The summed E-state index contributed by atoms with van der Waals surface area (Å²) in [6.45, 7) is 2.60. The van der Waals surface area contributed by atoms with Crippen LogP contribution in [0.4, 0.5) is 4.39 Å². The van der Waals surface area contributed by atoms with Crippen LogP contribution in [0.3, 0.4) is 0 Å². The van der Waals surface area contributed by atoms with Gasteiger partial charge < -0.3 is 5.11 Å². The number of sulfonamides is 1. The number of benzene rings is 1. The topological polar surface area (TPSA) is 66.4 Å². The van der Waals surface area contributed by atoms with E-state index < -0.39 is 21.9 Å². The second-order valence-electron chi connectivity index (χ2n) is 3.57. The summed E-state index contributed by atoms with van der Waals surface area (Å²) in [6.07, 6.45) is 0. The molecule has 4 nitrogen and oxygen atoms in total. The van der Waals surface area contributed by atoms with Crippen LogP contribution in [0.15, 0.2) is 23.1 Å². The van der Waals surface area contributed by atoms with Crippen LogP contribution in [0.25, 0.3) is 0 Å². The van der Waals surface area contributed by atoms with Gasteiger partial charge in [0.15, 0.2) is 0 Å². The molecular weight excluding hydrogens is 233 g/mol. The second-order valence-corrected chi connectivity index (χ2v) is 5.25. The van der Waals surface area contributed by atoms with E-state index in [4.69, 9.17) is 5.11 Å². The molecule has 0 aliphatic heterocycles. The number of hydrogen-bond donors (Lipinski definition) is 2. The Bertz CT molecular complexity index is 473. The zero-order valence-corrected chi connectivity index (χ0v) is 9.88. The van der Waals surface area contributed by atoms with E-state index in [2.05, 4.69) is 4.72 Å². The molecule has 0 amide bonds. The summed E-state index contributed by atoms with van der Waals surface area (Å²) in [5, 5.41) is 8.77. The van der Waals surface area contributed by atoms with Crippen molar-refractivity contribution in [1.82, 2.24) is 4.72 Å². The average molecular weight is 247 g/mol. The standard InChI is InChI=1S/C10H14FNO3S/c1-7(6-13)12-16(14,15)10-5-3-4-9(11)8(10)2/h3-5,7,12-13H,6H2,1-2H3. The van der Waals surface area contributed by atoms with Crippen molar-refractivity contribution in [1.29, 1.82) is 0 Å². The van der Waals surface area contributed by atoms with E-state index >= 15 is 0 Å². The van der Waals surface area contributed by atoms with E-state index in [0.29, 0.717) is 0 Å². The van der Waals surface area contributed by atoms with Crippen molar-refractivity contribution >= 4 is 10.0 Å². The van der Waals surface area contributed by atoms with Crippen molar-refractivity contribution in [3.8, 4) is 0 Å². The van der Waals surface area contributed by atoms with Gasteiger partial charge in [-0.15, -0.1) is 0 Å². The molecule has 0 saturated carbocycles. The van der Waals surface area contributed by atoms with Gasteiger partial charge in [-0.05, 0) is 26.0 Å². The predicted octanol–water partition coefficient (Wildman–Crippen LogP) is 0.793. The molecule has 0 aliphatic rings. The minimum Gasteiger partial charge on any atom is -0.395 e. The van der Waals surface area contributed by atoms with Crippen LogP contribution < -0.4 is 4.72 Å². The van der Waals surface area contributed by atoms with Crippen molar-refractivity contribution in [2.24, 2.45) is 0 Å². The van der Waals surface area contributed by atoms with Gasteiger partial charge in [-0.25, -0.2) is 17.5 Å². The first-order valence-corrected chi connectivity index (χ1v) is 6.25. The van der Waals surface area contributed by atoms with Gasteiger partial charge in [0, 0.05) is 11.6 Å². The Labute approximate surface area is 94.2 Å². The van der Waals surface area contributed by atoms with Crippen LogP contribution in [0, 0.1) is 12.7 Å². The molecule has 0 fully saturated rings. The maximum atomic E-state index is 13.2. The lowest BCUT2D eigenvalue weighted by Gasteiger charge is -2.13. The van der Waals surface area contributed by atoms with Crippen molar-refractivity contribution < 1.29 is 17.9 Å². The summed E-state index contributed by atoms with van der Waals surface area (Å²) < 4.78 is 39.0. The van der Waals surface area contributed by atoms with Crippen LogP contribution >= 0.6 is 0 Å². The van der Waals surface area contributed by atoms with E-state index in [9.17, 15) is 12.8 Å². The molecule has 0 saturated heterocycles. The van der Waals surface area contributed by atoms with Gasteiger partial charge in [0.05, 0.1) is 11.5 Å². The van der Waals surface area contributed by atoms with Crippen molar-refractivity contribution in [3.63, 3.8) is 0 Å². The number of aliphatic hydroxyl groups excluding tert-OH is 1. The molecule has 2 N–H and O–H groups in total.